The molecular formula is C24H26ClFN4O2. The van der Waals surface area contributed by atoms with E-state index in [1.54, 1.807) is 18.2 Å². The van der Waals surface area contributed by atoms with E-state index in [0.29, 0.717) is 36.4 Å². The van der Waals surface area contributed by atoms with Gasteiger partial charge in [-0.1, -0.05) is 41.0 Å². The first-order chi connectivity index (χ1) is 15.6. The maximum absolute atomic E-state index is 13.0. The first kappa shape index (κ1) is 22.4. The molecule has 2 heterocycles. The zero-order chi connectivity index (χ0) is 22.3. The van der Waals surface area contributed by atoms with Crippen molar-refractivity contribution in [3.8, 4) is 11.4 Å². The Kier molecular flexibility index (Phi) is 7.50. The minimum atomic E-state index is -0.232. The highest BCUT2D eigenvalue weighted by Gasteiger charge is 2.26. The van der Waals surface area contributed by atoms with E-state index in [1.807, 2.05) is 18.2 Å². The smallest absolute Gasteiger partial charge is 0.241 e. The third-order valence-electron chi connectivity index (χ3n) is 5.67. The zero-order valence-corrected chi connectivity index (χ0v) is 18.5. The molecule has 168 valence electrons. The Morgan fingerprint density at radius 1 is 1.22 bits per heavy atom. The number of carbonyl (C=O) groups excluding carboxylic acids is 1. The van der Waals surface area contributed by atoms with Gasteiger partial charge in [0.25, 0.3) is 0 Å². The van der Waals surface area contributed by atoms with Crippen LogP contribution >= 0.6 is 11.6 Å². The van der Waals surface area contributed by atoms with Crippen LogP contribution in [-0.2, 0) is 17.8 Å². The van der Waals surface area contributed by atoms with E-state index in [4.69, 9.17) is 16.1 Å². The number of carbonyl (C=O) groups is 1. The van der Waals surface area contributed by atoms with Crippen molar-refractivity contribution in [2.75, 3.05) is 19.6 Å². The average molecular weight is 457 g/mol. The number of amides is 1. The Hall–Kier alpha value is -2.77. The summed E-state index contributed by atoms with van der Waals surface area (Å²) in [6.45, 7) is 2.66. The molecule has 4 rings (SSSR count). The van der Waals surface area contributed by atoms with Crippen molar-refractivity contribution in [2.24, 2.45) is 5.92 Å². The number of benzene rings is 2. The third-order valence-corrected chi connectivity index (χ3v) is 6.00. The Labute approximate surface area is 191 Å². The highest BCUT2D eigenvalue weighted by atomic mass is 35.5. The molecule has 1 fully saturated rings. The molecule has 1 aliphatic heterocycles. The summed E-state index contributed by atoms with van der Waals surface area (Å²) < 4.78 is 18.4. The van der Waals surface area contributed by atoms with E-state index in [9.17, 15) is 9.18 Å². The van der Waals surface area contributed by atoms with Crippen LogP contribution in [0.5, 0.6) is 0 Å². The zero-order valence-electron chi connectivity index (χ0n) is 17.8. The summed E-state index contributed by atoms with van der Waals surface area (Å²) in [5, 5.41) is 7.67. The fourth-order valence-electron chi connectivity index (χ4n) is 3.97. The van der Waals surface area contributed by atoms with E-state index in [-0.39, 0.29) is 17.6 Å². The van der Waals surface area contributed by atoms with Gasteiger partial charge in [-0.2, -0.15) is 4.98 Å². The number of aromatic nitrogens is 2. The normalized spacial score (nSPS) is 16.8. The van der Waals surface area contributed by atoms with Gasteiger partial charge in [0.1, 0.15) is 5.82 Å². The standard InChI is InChI=1S/C24H26ClFN4O2/c25-21-8-2-1-7-20(21)23-28-22(32-29-23)16-30-14-4-6-18(15-30)24(31)27-13-3-5-17-9-11-19(26)12-10-17/h1-2,7-12,18H,3-6,13-16H2,(H,27,31). The Balaban J connectivity index is 1.24. The number of hydrogen-bond acceptors (Lipinski definition) is 5. The van der Waals surface area contributed by atoms with E-state index in [1.165, 1.54) is 12.1 Å². The van der Waals surface area contributed by atoms with Crippen LogP contribution in [0.25, 0.3) is 11.4 Å². The van der Waals surface area contributed by atoms with Gasteiger partial charge >= 0.3 is 0 Å². The molecule has 1 saturated heterocycles. The van der Waals surface area contributed by atoms with Gasteiger partial charge in [0, 0.05) is 18.7 Å². The van der Waals surface area contributed by atoms with Crippen LogP contribution < -0.4 is 5.32 Å². The summed E-state index contributed by atoms with van der Waals surface area (Å²) in [5.41, 5.74) is 1.81. The number of rotatable bonds is 8. The molecule has 0 spiro atoms. The second-order valence-electron chi connectivity index (χ2n) is 8.09. The van der Waals surface area contributed by atoms with E-state index in [2.05, 4.69) is 20.4 Å². The van der Waals surface area contributed by atoms with Gasteiger partial charge in [0.15, 0.2) is 0 Å². The van der Waals surface area contributed by atoms with E-state index < -0.39 is 0 Å². The van der Waals surface area contributed by atoms with Gasteiger partial charge in [-0.25, -0.2) is 4.39 Å². The number of nitrogens with zero attached hydrogens (tertiary/aromatic N) is 3. The van der Waals surface area contributed by atoms with Crippen molar-refractivity contribution < 1.29 is 13.7 Å². The largest absolute Gasteiger partial charge is 0.356 e. The summed E-state index contributed by atoms with van der Waals surface area (Å²) in [5.74, 6) is 0.777. The average Bonchev–Trinajstić information content (AvgIpc) is 3.26. The molecule has 32 heavy (non-hydrogen) atoms. The maximum Gasteiger partial charge on any atom is 0.241 e. The second-order valence-corrected chi connectivity index (χ2v) is 8.49. The Morgan fingerprint density at radius 3 is 2.84 bits per heavy atom. The highest BCUT2D eigenvalue weighted by Crippen LogP contribution is 2.25. The van der Waals surface area contributed by atoms with Gasteiger partial charge in [-0.05, 0) is 62.1 Å². The van der Waals surface area contributed by atoms with Gasteiger partial charge in [-0.15, -0.1) is 0 Å². The number of aryl methyl sites for hydroxylation is 1. The molecule has 0 saturated carbocycles. The lowest BCUT2D eigenvalue weighted by Gasteiger charge is -2.30. The molecule has 2 aromatic carbocycles. The second kappa shape index (κ2) is 10.7. The summed E-state index contributed by atoms with van der Waals surface area (Å²) in [7, 11) is 0. The van der Waals surface area contributed by atoms with Crippen LogP contribution in [0.3, 0.4) is 0 Å². The first-order valence-electron chi connectivity index (χ1n) is 10.9. The van der Waals surface area contributed by atoms with Gasteiger partial charge < -0.3 is 9.84 Å². The minimum absolute atomic E-state index is 0.0551. The van der Waals surface area contributed by atoms with Crippen LogP contribution in [0, 0.1) is 11.7 Å². The predicted molar refractivity (Wildman–Crippen MR) is 120 cm³/mol. The predicted octanol–water partition coefficient (Wildman–Crippen LogP) is 4.49. The topological polar surface area (TPSA) is 71.3 Å². The van der Waals surface area contributed by atoms with Crippen LogP contribution in [0.15, 0.2) is 53.1 Å². The highest BCUT2D eigenvalue weighted by molar-refractivity contribution is 6.33. The molecule has 0 bridgehead atoms. The van der Waals surface area contributed by atoms with E-state index >= 15 is 0 Å². The molecule has 6 nitrogen and oxygen atoms in total. The number of halogens is 2. The fourth-order valence-corrected chi connectivity index (χ4v) is 4.20. The SMILES string of the molecule is O=C(NCCCc1ccc(F)cc1)C1CCCN(Cc2nc(-c3ccccc3Cl)no2)C1. The van der Waals surface area contributed by atoms with Crippen molar-refractivity contribution in [3.05, 3.63) is 70.8 Å². The third kappa shape index (κ3) is 5.93. The monoisotopic (exact) mass is 456 g/mol. The molecule has 1 aliphatic rings. The summed E-state index contributed by atoms with van der Waals surface area (Å²) in [6, 6.07) is 13.9. The maximum atomic E-state index is 13.0. The van der Waals surface area contributed by atoms with E-state index in [0.717, 1.165) is 43.4 Å². The lowest BCUT2D eigenvalue weighted by Crippen LogP contribution is -2.43. The van der Waals surface area contributed by atoms with Crippen molar-refractivity contribution in [1.29, 1.82) is 0 Å². The fraction of sp³-hybridized carbons (Fsp3) is 0.375. The van der Waals surface area contributed by atoms with Crippen LogP contribution in [0.2, 0.25) is 5.02 Å². The molecule has 1 amide bonds. The molecule has 1 atom stereocenters. The number of piperidine rings is 1. The van der Waals surface area contributed by atoms with Crippen LogP contribution in [0.4, 0.5) is 4.39 Å². The van der Waals surface area contributed by atoms with Gasteiger partial charge in [-0.3, -0.25) is 9.69 Å². The molecule has 0 aliphatic carbocycles. The van der Waals surface area contributed by atoms with Crippen LogP contribution in [-0.4, -0.2) is 40.6 Å². The summed E-state index contributed by atoms with van der Waals surface area (Å²) in [6.07, 6.45) is 3.44. The summed E-state index contributed by atoms with van der Waals surface area (Å²) in [4.78, 5) is 19.3. The molecule has 1 N–H and O–H groups in total. The van der Waals surface area contributed by atoms with Crippen LogP contribution in [0.1, 0.15) is 30.7 Å². The molecule has 0 radical (unpaired) electrons. The number of likely N-dealkylation sites (tertiary alicyclic amines) is 1. The van der Waals surface area contributed by atoms with Crippen molar-refractivity contribution >= 4 is 17.5 Å². The molecule has 1 aromatic heterocycles. The number of hydrogen-bond donors (Lipinski definition) is 1. The quantitative estimate of drug-likeness (QED) is 0.506. The molecule has 3 aromatic rings. The molecule has 1 unspecified atom stereocenters. The van der Waals surface area contributed by atoms with Crippen molar-refractivity contribution in [2.45, 2.75) is 32.2 Å². The number of nitrogens with one attached hydrogen (secondary N) is 1. The Bertz CT molecular complexity index is 1040. The van der Waals surface area contributed by atoms with Crippen molar-refractivity contribution in [3.63, 3.8) is 0 Å². The van der Waals surface area contributed by atoms with Crippen molar-refractivity contribution in [1.82, 2.24) is 20.4 Å². The minimum Gasteiger partial charge on any atom is -0.356 e. The lowest BCUT2D eigenvalue weighted by molar-refractivity contribution is -0.126. The summed E-state index contributed by atoms with van der Waals surface area (Å²) >= 11 is 6.22. The molecular weight excluding hydrogens is 431 g/mol. The first-order valence-corrected chi connectivity index (χ1v) is 11.3. The lowest BCUT2D eigenvalue weighted by atomic mass is 9.97. The van der Waals surface area contributed by atoms with Gasteiger partial charge in [0.05, 0.1) is 17.5 Å². The molecule has 8 heteroatoms. The Morgan fingerprint density at radius 2 is 2.03 bits per heavy atom. The van der Waals surface area contributed by atoms with Gasteiger partial charge in [0.2, 0.25) is 17.6 Å².